The number of hydrogen-bond acceptors (Lipinski definition) is 3. The van der Waals surface area contributed by atoms with Gasteiger partial charge in [-0.25, -0.2) is 0 Å². The van der Waals surface area contributed by atoms with Gasteiger partial charge in [0.2, 0.25) is 0 Å². The molecule has 0 bridgehead atoms. The minimum Gasteiger partial charge on any atom is -0.388 e. The van der Waals surface area contributed by atoms with Crippen molar-refractivity contribution in [2.24, 2.45) is 5.16 Å². The average Bonchev–Trinajstić information content (AvgIpc) is 2.65. The van der Waals surface area contributed by atoms with Gasteiger partial charge in [0.15, 0.2) is 5.71 Å². The second kappa shape index (κ2) is 4.44. The molecule has 0 radical (unpaired) electrons. The van der Waals surface area contributed by atoms with Gasteiger partial charge in [-0.1, -0.05) is 35.5 Å². The second-order valence-electron chi connectivity index (χ2n) is 5.21. The van der Waals surface area contributed by atoms with E-state index in [1.54, 1.807) is 14.1 Å². The van der Waals surface area contributed by atoms with E-state index in [1.165, 1.54) is 4.90 Å². The largest absolute Gasteiger partial charge is 0.388 e. The van der Waals surface area contributed by atoms with Crippen LogP contribution >= 0.6 is 0 Å². The number of benzene rings is 1. The van der Waals surface area contributed by atoms with Gasteiger partial charge in [0.25, 0.3) is 5.91 Å². The van der Waals surface area contributed by atoms with Gasteiger partial charge in [0.05, 0.1) is 5.92 Å². The topological polar surface area (TPSA) is 41.9 Å². The van der Waals surface area contributed by atoms with Gasteiger partial charge < -0.3 is 9.74 Å². The molecule has 0 N–H and O–H groups in total. The van der Waals surface area contributed by atoms with Gasteiger partial charge in [-0.2, -0.15) is 0 Å². The van der Waals surface area contributed by atoms with Gasteiger partial charge in [-0.3, -0.25) is 4.79 Å². The third-order valence-electron chi connectivity index (χ3n) is 3.11. The van der Waals surface area contributed by atoms with E-state index < -0.39 is 5.60 Å². The first-order valence-electron chi connectivity index (χ1n) is 5.96. The zero-order valence-electron chi connectivity index (χ0n) is 11.2. The van der Waals surface area contributed by atoms with Crippen LogP contribution in [0.5, 0.6) is 0 Å². The van der Waals surface area contributed by atoms with Crippen molar-refractivity contribution < 1.29 is 9.63 Å². The lowest BCUT2D eigenvalue weighted by Gasteiger charge is -2.25. The molecule has 0 aliphatic carbocycles. The van der Waals surface area contributed by atoms with Crippen LogP contribution in [-0.2, 0) is 9.63 Å². The lowest BCUT2D eigenvalue weighted by Crippen LogP contribution is -2.38. The molecule has 4 nitrogen and oxygen atoms in total. The summed E-state index contributed by atoms with van der Waals surface area (Å²) in [6.45, 7) is 3.90. The highest BCUT2D eigenvalue weighted by molar-refractivity contribution is 6.41. The molecule has 0 spiro atoms. The quantitative estimate of drug-likeness (QED) is 0.801. The van der Waals surface area contributed by atoms with Gasteiger partial charge in [-0.15, -0.1) is 0 Å². The Labute approximate surface area is 107 Å². The van der Waals surface area contributed by atoms with Gasteiger partial charge in [0.1, 0.15) is 5.60 Å². The van der Waals surface area contributed by atoms with Gasteiger partial charge >= 0.3 is 0 Å². The SMILES string of the molecule is CN(C)C(=O)C1=NOC(C)(C)C1c1ccccc1. The van der Waals surface area contributed by atoms with Crippen LogP contribution in [0.15, 0.2) is 35.5 Å². The third-order valence-corrected chi connectivity index (χ3v) is 3.11. The summed E-state index contributed by atoms with van der Waals surface area (Å²) in [4.78, 5) is 19.1. The molecule has 1 aliphatic rings. The van der Waals surface area contributed by atoms with Crippen LogP contribution in [0.3, 0.4) is 0 Å². The average molecular weight is 246 g/mol. The Morgan fingerprint density at radius 3 is 2.44 bits per heavy atom. The molecule has 1 aromatic carbocycles. The Bertz CT molecular complexity index is 478. The van der Waals surface area contributed by atoms with Gasteiger partial charge in [-0.05, 0) is 19.4 Å². The van der Waals surface area contributed by atoms with E-state index in [4.69, 9.17) is 4.84 Å². The highest BCUT2D eigenvalue weighted by Gasteiger charge is 2.45. The van der Waals surface area contributed by atoms with E-state index in [1.807, 2.05) is 44.2 Å². The highest BCUT2D eigenvalue weighted by Crippen LogP contribution is 2.37. The molecule has 1 heterocycles. The van der Waals surface area contributed by atoms with E-state index in [2.05, 4.69) is 5.16 Å². The maximum absolute atomic E-state index is 12.1. The van der Waals surface area contributed by atoms with E-state index in [9.17, 15) is 4.79 Å². The first-order valence-corrected chi connectivity index (χ1v) is 5.96. The molecule has 1 unspecified atom stereocenters. The van der Waals surface area contributed by atoms with Crippen molar-refractivity contribution in [3.63, 3.8) is 0 Å². The number of amides is 1. The fourth-order valence-electron chi connectivity index (χ4n) is 2.20. The standard InChI is InChI=1S/C14H18N2O2/c1-14(2)11(10-8-6-5-7-9-10)12(15-18-14)13(17)16(3)4/h5-9,11H,1-4H3. The van der Waals surface area contributed by atoms with Crippen molar-refractivity contribution in [3.05, 3.63) is 35.9 Å². The van der Waals surface area contributed by atoms with Crippen molar-refractivity contribution in [3.8, 4) is 0 Å². The highest BCUT2D eigenvalue weighted by atomic mass is 16.7. The van der Waals surface area contributed by atoms with Crippen molar-refractivity contribution in [1.29, 1.82) is 0 Å². The number of hydrogen-bond donors (Lipinski definition) is 0. The molecule has 18 heavy (non-hydrogen) atoms. The zero-order chi connectivity index (χ0) is 13.3. The summed E-state index contributed by atoms with van der Waals surface area (Å²) in [6.07, 6.45) is 0. The predicted molar refractivity (Wildman–Crippen MR) is 70.5 cm³/mol. The maximum atomic E-state index is 12.1. The van der Waals surface area contributed by atoms with Crippen LogP contribution in [-0.4, -0.2) is 36.2 Å². The van der Waals surface area contributed by atoms with Crippen LogP contribution in [0.2, 0.25) is 0 Å². The summed E-state index contributed by atoms with van der Waals surface area (Å²) in [5.41, 5.74) is 1.02. The molecule has 1 atom stereocenters. The summed E-state index contributed by atoms with van der Waals surface area (Å²) in [7, 11) is 3.44. The summed E-state index contributed by atoms with van der Waals surface area (Å²) in [6, 6.07) is 9.87. The predicted octanol–water partition coefficient (Wildman–Crippen LogP) is 2.02. The van der Waals surface area contributed by atoms with E-state index in [0.717, 1.165) is 5.56 Å². The molecule has 4 heteroatoms. The lowest BCUT2D eigenvalue weighted by molar-refractivity contribution is -0.121. The molecule has 1 amide bonds. The lowest BCUT2D eigenvalue weighted by atomic mass is 9.81. The monoisotopic (exact) mass is 246 g/mol. The smallest absolute Gasteiger partial charge is 0.271 e. The van der Waals surface area contributed by atoms with Crippen LogP contribution in [0.25, 0.3) is 0 Å². The fourth-order valence-corrected chi connectivity index (χ4v) is 2.20. The van der Waals surface area contributed by atoms with Crippen LogP contribution < -0.4 is 0 Å². The number of nitrogens with zero attached hydrogens (tertiary/aromatic N) is 2. The minimum absolute atomic E-state index is 0.102. The van der Waals surface area contributed by atoms with Gasteiger partial charge in [0, 0.05) is 14.1 Å². The number of carbonyl (C=O) groups excluding carboxylic acids is 1. The van der Waals surface area contributed by atoms with Crippen LogP contribution in [0.1, 0.15) is 25.3 Å². The number of rotatable bonds is 2. The van der Waals surface area contributed by atoms with Crippen LogP contribution in [0, 0.1) is 0 Å². The molecule has 0 fully saturated rings. The molecule has 2 rings (SSSR count). The molecule has 0 aromatic heterocycles. The minimum atomic E-state index is -0.498. The first kappa shape index (κ1) is 12.6. The summed E-state index contributed by atoms with van der Waals surface area (Å²) in [5.74, 6) is -0.233. The van der Waals surface area contributed by atoms with Crippen molar-refractivity contribution in [2.75, 3.05) is 14.1 Å². The molecular weight excluding hydrogens is 228 g/mol. The number of carbonyl (C=O) groups is 1. The third kappa shape index (κ3) is 2.10. The summed E-state index contributed by atoms with van der Waals surface area (Å²) < 4.78 is 0. The molecule has 1 aromatic rings. The second-order valence-corrected chi connectivity index (χ2v) is 5.21. The maximum Gasteiger partial charge on any atom is 0.271 e. The van der Waals surface area contributed by atoms with Crippen molar-refractivity contribution >= 4 is 11.6 Å². The molecule has 1 aliphatic heterocycles. The molecule has 0 saturated carbocycles. The number of oxime groups is 1. The zero-order valence-corrected chi connectivity index (χ0v) is 11.2. The Kier molecular flexibility index (Phi) is 3.11. The normalized spacial score (nSPS) is 21.1. The van der Waals surface area contributed by atoms with Crippen LogP contribution in [0.4, 0.5) is 0 Å². The Hall–Kier alpha value is -1.84. The Morgan fingerprint density at radius 1 is 1.28 bits per heavy atom. The Balaban J connectivity index is 2.40. The fraction of sp³-hybridized carbons (Fsp3) is 0.429. The molecular formula is C14H18N2O2. The van der Waals surface area contributed by atoms with Crippen molar-refractivity contribution in [1.82, 2.24) is 4.90 Å². The van der Waals surface area contributed by atoms with Crippen molar-refractivity contribution in [2.45, 2.75) is 25.4 Å². The van der Waals surface area contributed by atoms with E-state index >= 15 is 0 Å². The summed E-state index contributed by atoms with van der Waals surface area (Å²) in [5, 5.41) is 3.99. The summed E-state index contributed by atoms with van der Waals surface area (Å²) >= 11 is 0. The Morgan fingerprint density at radius 2 is 1.89 bits per heavy atom. The first-order chi connectivity index (χ1) is 8.43. The van der Waals surface area contributed by atoms with E-state index in [0.29, 0.717) is 5.71 Å². The van der Waals surface area contributed by atoms with E-state index in [-0.39, 0.29) is 11.8 Å². The molecule has 0 saturated heterocycles. The molecule has 96 valence electrons.